The number of anilines is 3. The normalized spacial score (nSPS) is 12.5. The molecule has 0 aliphatic heterocycles. The Hall–Kier alpha value is -7.74. The maximum Gasteiger partial charge on any atom is 0.0467 e. The van der Waals surface area contributed by atoms with E-state index in [2.05, 4.69) is 255 Å². The van der Waals surface area contributed by atoms with Crippen molar-refractivity contribution in [2.24, 2.45) is 0 Å². The average Bonchev–Trinajstić information content (AvgIpc) is 3.58. The first-order valence-electron chi connectivity index (χ1n) is 21.6. The molecule has 0 bridgehead atoms. The molecule has 0 saturated carbocycles. The Morgan fingerprint density at radius 1 is 0.290 bits per heavy atom. The molecule has 0 saturated heterocycles. The van der Waals surface area contributed by atoms with Crippen LogP contribution < -0.4 is 4.90 Å². The van der Waals surface area contributed by atoms with Gasteiger partial charge in [0.15, 0.2) is 0 Å². The summed E-state index contributed by atoms with van der Waals surface area (Å²) in [4.78, 5) is 2.39. The van der Waals surface area contributed by atoms with Gasteiger partial charge in [0.25, 0.3) is 0 Å². The van der Waals surface area contributed by atoms with E-state index in [9.17, 15) is 0 Å². The van der Waals surface area contributed by atoms with E-state index in [1.807, 2.05) is 0 Å². The molecule has 0 spiro atoms. The van der Waals surface area contributed by atoms with Crippen LogP contribution in [0, 0.1) is 0 Å². The van der Waals surface area contributed by atoms with Gasteiger partial charge in [-0.2, -0.15) is 0 Å². The number of hydrogen-bond acceptors (Lipinski definition) is 1. The molecule has 10 aromatic rings. The Bertz CT molecular complexity index is 3240. The Balaban J connectivity index is 0.992. The molecule has 0 atom stereocenters. The van der Waals surface area contributed by atoms with Gasteiger partial charge >= 0.3 is 0 Å². The van der Waals surface area contributed by atoms with E-state index in [0.29, 0.717) is 0 Å². The zero-order valence-corrected chi connectivity index (χ0v) is 35.0. The summed E-state index contributed by atoms with van der Waals surface area (Å²) < 4.78 is 0. The molecule has 0 heterocycles. The zero-order valence-electron chi connectivity index (χ0n) is 35.0. The molecule has 294 valence electrons. The van der Waals surface area contributed by atoms with Crippen molar-refractivity contribution >= 4 is 27.8 Å². The lowest BCUT2D eigenvalue weighted by Gasteiger charge is -2.27. The van der Waals surface area contributed by atoms with Gasteiger partial charge in [-0.15, -0.1) is 0 Å². The minimum atomic E-state index is -0.0963. The van der Waals surface area contributed by atoms with Crippen LogP contribution in [0.15, 0.2) is 237 Å². The minimum absolute atomic E-state index is 0.0963. The van der Waals surface area contributed by atoms with E-state index < -0.39 is 0 Å². The van der Waals surface area contributed by atoms with Gasteiger partial charge in [0, 0.05) is 22.5 Å². The average molecular weight is 792 g/mol. The molecule has 0 aromatic heterocycles. The van der Waals surface area contributed by atoms with Crippen molar-refractivity contribution in [2.45, 2.75) is 19.3 Å². The second kappa shape index (κ2) is 15.4. The quantitative estimate of drug-likeness (QED) is 0.148. The number of fused-ring (bicyclic) bond motifs is 4. The largest absolute Gasteiger partial charge is 0.310 e. The molecule has 0 amide bonds. The van der Waals surface area contributed by atoms with Crippen molar-refractivity contribution < 1.29 is 0 Å². The summed E-state index contributed by atoms with van der Waals surface area (Å²) in [7, 11) is 0. The third-order valence-electron chi connectivity index (χ3n) is 12.8. The number of nitrogens with zero attached hydrogens (tertiary/aromatic N) is 1. The van der Waals surface area contributed by atoms with E-state index in [4.69, 9.17) is 0 Å². The van der Waals surface area contributed by atoms with Gasteiger partial charge in [-0.05, 0) is 137 Å². The Morgan fingerprint density at radius 2 is 0.758 bits per heavy atom. The molecule has 0 radical (unpaired) electrons. The molecule has 1 heteroatoms. The summed E-state index contributed by atoms with van der Waals surface area (Å²) in [6, 6.07) is 86.5. The second-order valence-corrected chi connectivity index (χ2v) is 16.9. The Kier molecular flexibility index (Phi) is 9.24. The first-order chi connectivity index (χ1) is 30.5. The van der Waals surface area contributed by atoms with Gasteiger partial charge in [0.1, 0.15) is 0 Å². The highest BCUT2D eigenvalue weighted by Crippen LogP contribution is 2.52. The lowest BCUT2D eigenvalue weighted by atomic mass is 9.79. The van der Waals surface area contributed by atoms with E-state index in [-0.39, 0.29) is 5.41 Å². The van der Waals surface area contributed by atoms with E-state index in [1.165, 1.54) is 88.7 Å². The molecule has 1 aliphatic rings. The minimum Gasteiger partial charge on any atom is -0.310 e. The smallest absolute Gasteiger partial charge is 0.0467 e. The maximum absolute atomic E-state index is 2.39. The van der Waals surface area contributed by atoms with Gasteiger partial charge < -0.3 is 4.90 Å². The molecule has 11 rings (SSSR count). The molecule has 62 heavy (non-hydrogen) atoms. The second-order valence-electron chi connectivity index (χ2n) is 16.9. The highest BCUT2D eigenvalue weighted by atomic mass is 15.1. The van der Waals surface area contributed by atoms with E-state index >= 15 is 0 Å². The highest BCUT2D eigenvalue weighted by molar-refractivity contribution is 5.97. The Labute approximate surface area is 364 Å². The predicted octanol–water partition coefficient (Wildman–Crippen LogP) is 17.0. The maximum atomic E-state index is 2.39. The van der Waals surface area contributed by atoms with Gasteiger partial charge in [0.2, 0.25) is 0 Å². The number of rotatable bonds is 8. The van der Waals surface area contributed by atoms with Crippen LogP contribution >= 0.6 is 0 Å². The third-order valence-corrected chi connectivity index (χ3v) is 12.8. The van der Waals surface area contributed by atoms with Crippen molar-refractivity contribution in [3.63, 3.8) is 0 Å². The molecular weight excluding hydrogens is 747 g/mol. The summed E-state index contributed by atoms with van der Waals surface area (Å²) >= 11 is 0. The molecule has 0 N–H and O–H groups in total. The van der Waals surface area contributed by atoms with Crippen molar-refractivity contribution in [1.82, 2.24) is 0 Å². The molecule has 10 aromatic carbocycles. The third kappa shape index (κ3) is 6.60. The Morgan fingerprint density at radius 3 is 1.52 bits per heavy atom. The fourth-order valence-corrected chi connectivity index (χ4v) is 9.81. The molecule has 0 fully saturated rings. The highest BCUT2D eigenvalue weighted by Gasteiger charge is 2.37. The topological polar surface area (TPSA) is 3.24 Å². The van der Waals surface area contributed by atoms with Crippen LogP contribution in [0.5, 0.6) is 0 Å². The zero-order chi connectivity index (χ0) is 41.6. The van der Waals surface area contributed by atoms with Gasteiger partial charge in [-0.1, -0.05) is 202 Å². The molecular formula is C61H45N. The standard InChI is InChI=1S/C61H45N/c1-61(2)59-30-9-8-26-57(59)58-29-14-28-56(60(58)61)45-33-37-52(38-34-45)62(51-35-31-43(32-36-51)47-20-10-19-46(39-47)42-15-4-3-5-16-42)53-24-12-22-49(41-53)48-21-11-23-50(40-48)55-27-13-18-44-17-6-7-25-54(44)55/h3-41H,1-2H3. The lowest BCUT2D eigenvalue weighted by molar-refractivity contribution is 0.662. The summed E-state index contributed by atoms with van der Waals surface area (Å²) in [6.07, 6.45) is 0. The van der Waals surface area contributed by atoms with E-state index in [0.717, 1.165) is 17.1 Å². The fourth-order valence-electron chi connectivity index (χ4n) is 9.81. The van der Waals surface area contributed by atoms with Crippen LogP contribution in [0.1, 0.15) is 25.0 Å². The molecule has 1 aliphatic carbocycles. The van der Waals surface area contributed by atoms with Crippen LogP contribution in [-0.4, -0.2) is 0 Å². The van der Waals surface area contributed by atoms with Crippen molar-refractivity contribution in [1.29, 1.82) is 0 Å². The summed E-state index contributed by atoms with van der Waals surface area (Å²) in [5.74, 6) is 0. The molecule has 0 unspecified atom stereocenters. The predicted molar refractivity (Wildman–Crippen MR) is 263 cm³/mol. The van der Waals surface area contributed by atoms with Gasteiger partial charge in [0.05, 0.1) is 0 Å². The number of hydrogen-bond donors (Lipinski definition) is 0. The SMILES string of the molecule is CC1(C)c2ccccc2-c2cccc(-c3ccc(N(c4ccc(-c5cccc(-c6ccccc6)c5)cc4)c4cccc(-c5cccc(-c6cccc7ccccc67)c5)c4)cc3)c21. The molecule has 1 nitrogen and oxygen atoms in total. The van der Waals surface area contributed by atoms with Crippen molar-refractivity contribution in [3.05, 3.63) is 248 Å². The summed E-state index contributed by atoms with van der Waals surface area (Å²) in [5, 5.41) is 2.51. The van der Waals surface area contributed by atoms with Gasteiger partial charge in [-0.3, -0.25) is 0 Å². The van der Waals surface area contributed by atoms with Gasteiger partial charge in [-0.25, -0.2) is 0 Å². The summed E-state index contributed by atoms with van der Waals surface area (Å²) in [5.41, 5.74) is 20.8. The number of benzene rings is 10. The first-order valence-corrected chi connectivity index (χ1v) is 21.6. The summed E-state index contributed by atoms with van der Waals surface area (Å²) in [6.45, 7) is 4.73. The fraction of sp³-hybridized carbons (Fsp3) is 0.0492. The van der Waals surface area contributed by atoms with Crippen LogP contribution in [0.25, 0.3) is 77.5 Å². The first kappa shape index (κ1) is 37.3. The van der Waals surface area contributed by atoms with Crippen LogP contribution in [0.3, 0.4) is 0 Å². The van der Waals surface area contributed by atoms with E-state index in [1.54, 1.807) is 0 Å². The van der Waals surface area contributed by atoms with Crippen LogP contribution in [0.4, 0.5) is 17.1 Å². The van der Waals surface area contributed by atoms with Crippen LogP contribution in [0.2, 0.25) is 0 Å². The van der Waals surface area contributed by atoms with Crippen molar-refractivity contribution in [2.75, 3.05) is 4.90 Å². The van der Waals surface area contributed by atoms with Crippen molar-refractivity contribution in [3.8, 4) is 66.8 Å². The monoisotopic (exact) mass is 791 g/mol. The lowest BCUT2D eigenvalue weighted by Crippen LogP contribution is -2.16. The van der Waals surface area contributed by atoms with Crippen LogP contribution in [-0.2, 0) is 5.41 Å².